The van der Waals surface area contributed by atoms with Crippen LogP contribution in [0, 0.1) is 0 Å². The molecular formula is C14H23NO2. The van der Waals surface area contributed by atoms with Crippen LogP contribution in [-0.2, 0) is 0 Å². The molecule has 0 bridgehead atoms. The van der Waals surface area contributed by atoms with Gasteiger partial charge in [-0.25, -0.2) is 0 Å². The number of hydrogen-bond donors (Lipinski definition) is 2. The first-order valence-corrected chi connectivity index (χ1v) is 6.36. The molecule has 0 amide bonds. The quantitative estimate of drug-likeness (QED) is 0.765. The van der Waals surface area contributed by atoms with Crippen molar-refractivity contribution in [2.75, 3.05) is 24.6 Å². The standard InChI is InChI=1S/C14H23NO2/c1-3-9-15(10-11-16)13-7-5-12(6-8-13)14(17)4-2/h5-8,14,16-17H,3-4,9-11H2,1-2H3. The number of anilines is 1. The van der Waals surface area contributed by atoms with Crippen LogP contribution in [0.1, 0.15) is 38.4 Å². The highest BCUT2D eigenvalue weighted by Gasteiger charge is 2.07. The molecule has 96 valence electrons. The van der Waals surface area contributed by atoms with Gasteiger partial charge in [-0.2, -0.15) is 0 Å². The Labute approximate surface area is 104 Å². The van der Waals surface area contributed by atoms with Crippen molar-refractivity contribution in [3.63, 3.8) is 0 Å². The average Bonchev–Trinajstić information content (AvgIpc) is 2.38. The number of rotatable bonds is 7. The lowest BCUT2D eigenvalue weighted by Crippen LogP contribution is -2.27. The number of aliphatic hydroxyl groups is 2. The third kappa shape index (κ3) is 4.02. The van der Waals surface area contributed by atoms with Gasteiger partial charge >= 0.3 is 0 Å². The fourth-order valence-corrected chi connectivity index (χ4v) is 1.90. The monoisotopic (exact) mass is 237 g/mol. The smallest absolute Gasteiger partial charge is 0.0787 e. The molecule has 2 N–H and O–H groups in total. The Bertz CT molecular complexity index is 305. The fraction of sp³-hybridized carbons (Fsp3) is 0.571. The third-order valence-electron chi connectivity index (χ3n) is 2.89. The van der Waals surface area contributed by atoms with Crippen molar-refractivity contribution in [2.45, 2.75) is 32.8 Å². The van der Waals surface area contributed by atoms with Gasteiger partial charge in [0, 0.05) is 18.8 Å². The van der Waals surface area contributed by atoms with E-state index in [1.807, 2.05) is 31.2 Å². The molecule has 1 unspecified atom stereocenters. The van der Waals surface area contributed by atoms with Crippen LogP contribution < -0.4 is 4.90 Å². The zero-order valence-electron chi connectivity index (χ0n) is 10.8. The summed E-state index contributed by atoms with van der Waals surface area (Å²) in [7, 11) is 0. The molecule has 3 nitrogen and oxygen atoms in total. The largest absolute Gasteiger partial charge is 0.395 e. The Hall–Kier alpha value is -1.06. The van der Waals surface area contributed by atoms with E-state index in [1.165, 1.54) is 0 Å². The van der Waals surface area contributed by atoms with E-state index < -0.39 is 0 Å². The summed E-state index contributed by atoms with van der Waals surface area (Å²) in [4.78, 5) is 2.15. The number of hydrogen-bond acceptors (Lipinski definition) is 3. The molecule has 0 fully saturated rings. The van der Waals surface area contributed by atoms with Gasteiger partial charge < -0.3 is 15.1 Å². The van der Waals surface area contributed by atoms with Crippen molar-refractivity contribution < 1.29 is 10.2 Å². The summed E-state index contributed by atoms with van der Waals surface area (Å²) < 4.78 is 0. The third-order valence-corrected chi connectivity index (χ3v) is 2.89. The highest BCUT2D eigenvalue weighted by molar-refractivity contribution is 5.47. The molecule has 0 saturated carbocycles. The Kier molecular flexibility index (Phi) is 6.01. The second-order valence-corrected chi connectivity index (χ2v) is 4.23. The molecule has 0 heterocycles. The summed E-state index contributed by atoms with van der Waals surface area (Å²) in [6, 6.07) is 7.95. The van der Waals surface area contributed by atoms with Gasteiger partial charge in [0.1, 0.15) is 0 Å². The van der Waals surface area contributed by atoms with Crippen LogP contribution in [0.25, 0.3) is 0 Å². The molecule has 17 heavy (non-hydrogen) atoms. The first-order valence-electron chi connectivity index (χ1n) is 6.36. The average molecular weight is 237 g/mol. The van der Waals surface area contributed by atoms with Gasteiger partial charge in [0.15, 0.2) is 0 Å². The highest BCUT2D eigenvalue weighted by atomic mass is 16.3. The molecule has 0 saturated heterocycles. The lowest BCUT2D eigenvalue weighted by molar-refractivity contribution is 0.173. The maximum atomic E-state index is 9.71. The van der Waals surface area contributed by atoms with E-state index in [9.17, 15) is 5.11 Å². The van der Waals surface area contributed by atoms with E-state index in [2.05, 4.69) is 11.8 Å². The van der Waals surface area contributed by atoms with Crippen molar-refractivity contribution >= 4 is 5.69 Å². The second-order valence-electron chi connectivity index (χ2n) is 4.23. The van der Waals surface area contributed by atoms with Crippen LogP contribution in [-0.4, -0.2) is 29.9 Å². The normalized spacial score (nSPS) is 12.5. The van der Waals surface area contributed by atoms with E-state index in [0.717, 1.165) is 30.6 Å². The van der Waals surface area contributed by atoms with E-state index in [0.29, 0.717) is 6.54 Å². The Morgan fingerprint density at radius 3 is 2.24 bits per heavy atom. The summed E-state index contributed by atoms with van der Waals surface area (Å²) in [5.74, 6) is 0. The van der Waals surface area contributed by atoms with Crippen molar-refractivity contribution in [1.82, 2.24) is 0 Å². The molecule has 1 atom stereocenters. The molecule has 0 spiro atoms. The van der Waals surface area contributed by atoms with Crippen LogP contribution >= 0.6 is 0 Å². The van der Waals surface area contributed by atoms with Crippen molar-refractivity contribution in [2.24, 2.45) is 0 Å². The lowest BCUT2D eigenvalue weighted by Gasteiger charge is -2.23. The van der Waals surface area contributed by atoms with Gasteiger partial charge in [0.05, 0.1) is 12.7 Å². The number of nitrogens with zero attached hydrogens (tertiary/aromatic N) is 1. The molecular weight excluding hydrogens is 214 g/mol. The Morgan fingerprint density at radius 2 is 1.76 bits per heavy atom. The minimum atomic E-state index is -0.374. The van der Waals surface area contributed by atoms with E-state index in [-0.39, 0.29) is 12.7 Å². The molecule has 1 aromatic rings. The minimum absolute atomic E-state index is 0.166. The maximum Gasteiger partial charge on any atom is 0.0787 e. The first-order chi connectivity index (χ1) is 8.22. The van der Waals surface area contributed by atoms with Crippen molar-refractivity contribution in [3.05, 3.63) is 29.8 Å². The predicted molar refractivity (Wildman–Crippen MR) is 71.3 cm³/mol. The summed E-state index contributed by atoms with van der Waals surface area (Å²) in [5, 5.41) is 18.7. The van der Waals surface area contributed by atoms with Crippen LogP contribution in [0.2, 0.25) is 0 Å². The van der Waals surface area contributed by atoms with E-state index >= 15 is 0 Å². The zero-order chi connectivity index (χ0) is 12.7. The van der Waals surface area contributed by atoms with Crippen LogP contribution in [0.15, 0.2) is 24.3 Å². The van der Waals surface area contributed by atoms with Gasteiger partial charge in [0.2, 0.25) is 0 Å². The fourth-order valence-electron chi connectivity index (χ4n) is 1.90. The van der Waals surface area contributed by atoms with Gasteiger partial charge in [-0.1, -0.05) is 26.0 Å². The second kappa shape index (κ2) is 7.30. The first kappa shape index (κ1) is 14.0. The molecule has 1 aromatic carbocycles. The highest BCUT2D eigenvalue weighted by Crippen LogP contribution is 2.21. The summed E-state index contributed by atoms with van der Waals surface area (Å²) in [5.41, 5.74) is 2.06. The van der Waals surface area contributed by atoms with Gasteiger partial charge in [0.25, 0.3) is 0 Å². The van der Waals surface area contributed by atoms with Crippen molar-refractivity contribution in [3.8, 4) is 0 Å². The molecule has 0 aliphatic carbocycles. The zero-order valence-corrected chi connectivity index (χ0v) is 10.8. The SMILES string of the molecule is CCCN(CCO)c1ccc(C(O)CC)cc1. The summed E-state index contributed by atoms with van der Waals surface area (Å²) in [6.07, 6.45) is 1.41. The Balaban J connectivity index is 2.76. The van der Waals surface area contributed by atoms with E-state index in [1.54, 1.807) is 0 Å². The van der Waals surface area contributed by atoms with Crippen molar-refractivity contribution in [1.29, 1.82) is 0 Å². The van der Waals surface area contributed by atoms with E-state index in [4.69, 9.17) is 5.11 Å². The Morgan fingerprint density at radius 1 is 1.12 bits per heavy atom. The number of aliphatic hydroxyl groups excluding tert-OH is 2. The van der Waals surface area contributed by atoms with Crippen LogP contribution in [0.5, 0.6) is 0 Å². The summed E-state index contributed by atoms with van der Waals surface area (Å²) >= 11 is 0. The molecule has 1 rings (SSSR count). The molecule has 0 radical (unpaired) electrons. The maximum absolute atomic E-state index is 9.71. The van der Waals surface area contributed by atoms with Gasteiger partial charge in [-0.05, 0) is 30.5 Å². The molecule has 3 heteroatoms. The van der Waals surface area contributed by atoms with Crippen LogP contribution in [0.3, 0.4) is 0 Å². The molecule has 0 aromatic heterocycles. The van der Waals surface area contributed by atoms with Gasteiger partial charge in [-0.3, -0.25) is 0 Å². The van der Waals surface area contributed by atoms with Crippen LogP contribution in [0.4, 0.5) is 5.69 Å². The summed E-state index contributed by atoms with van der Waals surface area (Å²) in [6.45, 7) is 5.85. The lowest BCUT2D eigenvalue weighted by atomic mass is 10.1. The topological polar surface area (TPSA) is 43.7 Å². The number of benzene rings is 1. The molecule has 0 aliphatic rings. The van der Waals surface area contributed by atoms with Gasteiger partial charge in [-0.15, -0.1) is 0 Å². The predicted octanol–water partition coefficient (Wildman–Crippen LogP) is 2.34. The molecule has 0 aliphatic heterocycles. The minimum Gasteiger partial charge on any atom is -0.395 e.